The third-order valence-corrected chi connectivity index (χ3v) is 8.12. The van der Waals surface area contributed by atoms with Gasteiger partial charge in [0, 0.05) is 42.0 Å². The lowest BCUT2D eigenvalue weighted by Gasteiger charge is -2.53. The van der Waals surface area contributed by atoms with E-state index in [-0.39, 0.29) is 23.8 Å². The molecule has 6 nitrogen and oxygen atoms in total. The Morgan fingerprint density at radius 2 is 2.06 bits per heavy atom. The number of hydrogen-bond acceptors (Lipinski definition) is 7. The topological polar surface area (TPSA) is 74.3 Å². The fourth-order valence-corrected chi connectivity index (χ4v) is 5.97. The molecule has 0 saturated carbocycles. The molecule has 2 aliphatic rings. The zero-order valence-electron chi connectivity index (χ0n) is 16.9. The number of amides is 1. The van der Waals surface area contributed by atoms with E-state index in [0.29, 0.717) is 32.1 Å². The number of nitrogens with zero attached hydrogens (tertiary/aromatic N) is 2. The lowest BCUT2D eigenvalue weighted by Crippen LogP contribution is -2.76. The van der Waals surface area contributed by atoms with Gasteiger partial charge in [0.2, 0.25) is 0 Å². The number of nitrogens with one attached hydrogen (secondary N) is 2. The molecule has 168 valence electrons. The monoisotopic (exact) mass is 480 g/mol. The maximum absolute atomic E-state index is 13.6. The molecule has 2 fully saturated rings. The second kappa shape index (κ2) is 7.91. The van der Waals surface area contributed by atoms with E-state index in [9.17, 15) is 22.8 Å². The minimum atomic E-state index is -4.44. The number of benzene rings is 1. The van der Waals surface area contributed by atoms with Crippen LogP contribution < -0.4 is 10.6 Å². The number of Topliss-reactive ketones (excluding diaryl/α,β-unsaturated/α-hetero) is 1. The Morgan fingerprint density at radius 3 is 2.69 bits per heavy atom. The number of carbonyl (C=O) groups is 2. The molecule has 0 radical (unpaired) electrons. The van der Waals surface area contributed by atoms with Crippen molar-refractivity contribution in [3.8, 4) is 0 Å². The lowest BCUT2D eigenvalue weighted by atomic mass is 9.87. The molecule has 2 N–H and O–H groups in total. The number of ketones is 1. The first kappa shape index (κ1) is 21.5. The first-order chi connectivity index (χ1) is 15.2. The van der Waals surface area contributed by atoms with E-state index in [4.69, 9.17) is 0 Å². The maximum Gasteiger partial charge on any atom is 0.416 e. The highest BCUT2D eigenvalue weighted by Crippen LogP contribution is 2.38. The van der Waals surface area contributed by atoms with Gasteiger partial charge in [-0.1, -0.05) is 6.07 Å². The molecular formula is C21H19F3N4O2S2. The van der Waals surface area contributed by atoms with Crippen molar-refractivity contribution in [1.29, 1.82) is 0 Å². The van der Waals surface area contributed by atoms with Crippen LogP contribution in [0.2, 0.25) is 0 Å². The minimum Gasteiger partial charge on any atom is -0.344 e. The summed E-state index contributed by atoms with van der Waals surface area (Å²) in [4.78, 5) is 32.6. The fraction of sp³-hybridized carbons (Fsp3) is 0.381. The van der Waals surface area contributed by atoms with Crippen LogP contribution in [0.15, 0.2) is 29.8 Å². The number of carbonyl (C=O) groups excluding carboxylic acids is 2. The summed E-state index contributed by atoms with van der Waals surface area (Å²) in [6.45, 7) is 3.83. The molecule has 2 unspecified atom stereocenters. The van der Waals surface area contributed by atoms with Gasteiger partial charge in [0.15, 0.2) is 10.8 Å². The van der Waals surface area contributed by atoms with Crippen LogP contribution in [-0.4, -0.2) is 59.3 Å². The molecule has 3 aromatic rings. The third kappa shape index (κ3) is 3.62. The maximum atomic E-state index is 13.6. The van der Waals surface area contributed by atoms with E-state index >= 15 is 0 Å². The summed E-state index contributed by atoms with van der Waals surface area (Å²) in [6.07, 6.45) is -2.89. The lowest BCUT2D eigenvalue weighted by molar-refractivity contribution is -0.137. The van der Waals surface area contributed by atoms with E-state index in [1.807, 2.05) is 0 Å². The van der Waals surface area contributed by atoms with Crippen molar-refractivity contribution in [1.82, 2.24) is 20.5 Å². The SMILES string of the molecule is Cc1c(C(=O)C2C(NC(=O)c3nccs3)CN2C2CNC2)sc2cc(C(F)(F)F)ccc12. The zero-order valence-corrected chi connectivity index (χ0v) is 18.5. The van der Waals surface area contributed by atoms with Crippen LogP contribution >= 0.6 is 22.7 Å². The standard InChI is InChI=1S/C21H19F3N4O2S2/c1-10-13-3-2-11(21(22,23)24)6-15(13)32-18(10)17(29)16-14(9-28(16)12-7-25-8-12)27-19(30)20-26-4-5-31-20/h2-6,12,14,16,25H,7-9H2,1H3,(H,27,30). The summed E-state index contributed by atoms with van der Waals surface area (Å²) < 4.78 is 39.8. The summed E-state index contributed by atoms with van der Waals surface area (Å²) in [5, 5.41) is 8.79. The van der Waals surface area contributed by atoms with Crippen LogP contribution in [0.1, 0.15) is 30.6 Å². The number of aryl methyl sites for hydroxylation is 1. The van der Waals surface area contributed by atoms with Gasteiger partial charge in [0.25, 0.3) is 5.91 Å². The third-order valence-electron chi connectivity index (χ3n) is 6.08. The van der Waals surface area contributed by atoms with E-state index in [1.165, 1.54) is 17.4 Å². The van der Waals surface area contributed by atoms with Crippen LogP contribution in [0.5, 0.6) is 0 Å². The van der Waals surface area contributed by atoms with Crippen molar-refractivity contribution in [3.63, 3.8) is 0 Å². The van der Waals surface area contributed by atoms with Gasteiger partial charge >= 0.3 is 6.18 Å². The molecule has 1 aromatic carbocycles. The number of thiazole rings is 1. The summed E-state index contributed by atoms with van der Waals surface area (Å²) in [6, 6.07) is 2.83. The van der Waals surface area contributed by atoms with Crippen molar-refractivity contribution in [3.05, 3.63) is 50.8 Å². The highest BCUT2D eigenvalue weighted by Gasteiger charge is 2.49. The van der Waals surface area contributed by atoms with Gasteiger partial charge in [-0.15, -0.1) is 22.7 Å². The highest BCUT2D eigenvalue weighted by molar-refractivity contribution is 7.21. The predicted octanol–water partition coefficient (Wildman–Crippen LogP) is 3.32. The van der Waals surface area contributed by atoms with Crippen molar-refractivity contribution in [2.24, 2.45) is 0 Å². The van der Waals surface area contributed by atoms with Crippen LogP contribution in [-0.2, 0) is 6.18 Å². The minimum absolute atomic E-state index is 0.167. The number of aromatic nitrogens is 1. The van der Waals surface area contributed by atoms with Gasteiger partial charge in [-0.3, -0.25) is 14.5 Å². The Labute approximate surface area is 189 Å². The second-order valence-corrected chi connectivity index (χ2v) is 9.95. The molecule has 4 heterocycles. The number of thiophene rings is 1. The molecule has 2 saturated heterocycles. The molecule has 0 bridgehead atoms. The Morgan fingerprint density at radius 1 is 1.28 bits per heavy atom. The van der Waals surface area contributed by atoms with Gasteiger partial charge in [0.1, 0.15) is 0 Å². The van der Waals surface area contributed by atoms with Crippen molar-refractivity contribution in [2.45, 2.75) is 31.2 Å². The number of likely N-dealkylation sites (tertiary alicyclic amines) is 1. The van der Waals surface area contributed by atoms with Gasteiger partial charge < -0.3 is 10.6 Å². The number of hydrogen-bond donors (Lipinski definition) is 2. The number of rotatable bonds is 5. The summed E-state index contributed by atoms with van der Waals surface area (Å²) >= 11 is 2.31. The average Bonchev–Trinajstić information content (AvgIpc) is 3.33. The average molecular weight is 481 g/mol. The molecule has 0 aliphatic carbocycles. The Balaban J connectivity index is 1.44. The van der Waals surface area contributed by atoms with Crippen LogP contribution in [0.25, 0.3) is 10.1 Å². The molecule has 2 aromatic heterocycles. The van der Waals surface area contributed by atoms with Crippen LogP contribution in [0.3, 0.4) is 0 Å². The zero-order chi connectivity index (χ0) is 22.6. The van der Waals surface area contributed by atoms with E-state index in [1.54, 1.807) is 18.5 Å². The van der Waals surface area contributed by atoms with Gasteiger partial charge in [-0.25, -0.2) is 4.98 Å². The summed E-state index contributed by atoms with van der Waals surface area (Å²) in [5.41, 5.74) is -0.0584. The molecule has 0 spiro atoms. The van der Waals surface area contributed by atoms with E-state index in [0.717, 1.165) is 36.6 Å². The number of halogens is 3. The Kier molecular flexibility index (Phi) is 5.31. The smallest absolute Gasteiger partial charge is 0.344 e. The van der Waals surface area contributed by atoms with E-state index < -0.39 is 17.8 Å². The molecule has 2 atom stereocenters. The van der Waals surface area contributed by atoms with Gasteiger partial charge in [-0.05, 0) is 30.0 Å². The van der Waals surface area contributed by atoms with Gasteiger partial charge in [-0.2, -0.15) is 13.2 Å². The first-order valence-electron chi connectivity index (χ1n) is 10.1. The molecule has 5 rings (SSSR count). The normalized spacial score (nSPS) is 21.9. The summed E-state index contributed by atoms with van der Waals surface area (Å²) in [7, 11) is 0. The van der Waals surface area contributed by atoms with Crippen molar-refractivity contribution in [2.75, 3.05) is 19.6 Å². The van der Waals surface area contributed by atoms with Gasteiger partial charge in [0.05, 0.1) is 22.5 Å². The second-order valence-electron chi connectivity index (χ2n) is 8.00. The molecular weight excluding hydrogens is 461 g/mol. The number of alkyl halides is 3. The molecule has 11 heteroatoms. The van der Waals surface area contributed by atoms with Crippen molar-refractivity contribution >= 4 is 44.5 Å². The van der Waals surface area contributed by atoms with Crippen molar-refractivity contribution < 1.29 is 22.8 Å². The predicted molar refractivity (Wildman–Crippen MR) is 116 cm³/mol. The Hall–Kier alpha value is -2.34. The highest BCUT2D eigenvalue weighted by atomic mass is 32.1. The van der Waals surface area contributed by atoms with Crippen LogP contribution in [0.4, 0.5) is 13.2 Å². The molecule has 1 amide bonds. The fourth-order valence-electron chi connectivity index (χ4n) is 4.21. The Bertz CT molecular complexity index is 1190. The largest absolute Gasteiger partial charge is 0.416 e. The van der Waals surface area contributed by atoms with E-state index in [2.05, 4.69) is 20.5 Å². The quantitative estimate of drug-likeness (QED) is 0.548. The first-order valence-corrected chi connectivity index (χ1v) is 11.7. The summed E-state index contributed by atoms with van der Waals surface area (Å²) in [5.74, 6) is -0.489. The number of fused-ring (bicyclic) bond motifs is 1. The van der Waals surface area contributed by atoms with Crippen LogP contribution in [0, 0.1) is 6.92 Å². The molecule has 2 aliphatic heterocycles. The molecule has 32 heavy (non-hydrogen) atoms.